The maximum atomic E-state index is 12.3. The van der Waals surface area contributed by atoms with Crippen molar-refractivity contribution in [1.29, 1.82) is 0 Å². The first-order valence-corrected chi connectivity index (χ1v) is 9.10. The molecule has 1 heterocycles. The summed E-state index contributed by atoms with van der Waals surface area (Å²) in [5.74, 6) is 0.274. The minimum Gasteiger partial charge on any atom is -0.497 e. The molecule has 136 valence electrons. The summed E-state index contributed by atoms with van der Waals surface area (Å²) in [6.45, 7) is 0. The third-order valence-corrected chi connectivity index (χ3v) is 4.54. The summed E-state index contributed by atoms with van der Waals surface area (Å²) in [5, 5.41) is 7.53. The highest BCUT2D eigenvalue weighted by Crippen LogP contribution is 2.17. The number of carbonyl (C=O) groups is 2. The number of amides is 2. The molecule has 2 N–H and O–H groups in total. The second kappa shape index (κ2) is 8.82. The van der Waals surface area contributed by atoms with E-state index in [9.17, 15) is 9.59 Å². The third kappa shape index (κ3) is 5.29. The summed E-state index contributed by atoms with van der Waals surface area (Å²) in [6.07, 6.45) is 3.24. The molecule has 27 heavy (non-hydrogen) atoms. The van der Waals surface area contributed by atoms with Crippen molar-refractivity contribution in [2.45, 2.75) is 0 Å². The van der Waals surface area contributed by atoms with E-state index in [0.29, 0.717) is 16.9 Å². The molecule has 0 saturated heterocycles. The van der Waals surface area contributed by atoms with Crippen molar-refractivity contribution in [1.82, 2.24) is 0 Å². The minimum absolute atomic E-state index is 0.223. The van der Waals surface area contributed by atoms with Crippen molar-refractivity contribution in [2.24, 2.45) is 0 Å². The van der Waals surface area contributed by atoms with Crippen LogP contribution in [-0.4, -0.2) is 18.9 Å². The maximum absolute atomic E-state index is 12.3. The van der Waals surface area contributed by atoms with Crippen LogP contribution in [0.15, 0.2) is 72.1 Å². The molecule has 3 aromatic rings. The normalized spacial score (nSPS) is 10.6. The number of thiophene rings is 1. The largest absolute Gasteiger partial charge is 0.497 e. The molecule has 0 saturated carbocycles. The molecule has 0 spiro atoms. The standard InChI is InChI=1S/C21H18N2O3S/c1-26-18-10-8-17(9-11-18)23-21(25)15-4-6-16(7-5-15)22-20(24)13-12-19-3-2-14-27-19/h2-14H,1H3,(H,22,24)(H,23,25)/b13-12+. The van der Waals surface area contributed by atoms with Crippen molar-refractivity contribution < 1.29 is 14.3 Å². The highest BCUT2D eigenvalue weighted by molar-refractivity contribution is 7.10. The second-order valence-corrected chi connectivity index (χ2v) is 6.58. The molecular formula is C21H18N2O3S. The number of methoxy groups -OCH3 is 1. The molecule has 0 aliphatic carbocycles. The Hall–Kier alpha value is -3.38. The fourth-order valence-corrected chi connectivity index (χ4v) is 2.93. The van der Waals surface area contributed by atoms with Crippen LogP contribution in [0.1, 0.15) is 15.2 Å². The fourth-order valence-electron chi connectivity index (χ4n) is 2.31. The van der Waals surface area contributed by atoms with Crippen molar-refractivity contribution in [3.8, 4) is 5.75 Å². The zero-order valence-electron chi connectivity index (χ0n) is 14.6. The van der Waals surface area contributed by atoms with Gasteiger partial charge in [0.05, 0.1) is 7.11 Å². The lowest BCUT2D eigenvalue weighted by Crippen LogP contribution is -2.12. The summed E-state index contributed by atoms with van der Waals surface area (Å²) in [5.41, 5.74) is 1.80. The predicted octanol–water partition coefficient (Wildman–Crippen LogP) is 4.66. The van der Waals surface area contributed by atoms with Gasteiger partial charge in [0.15, 0.2) is 0 Å². The highest BCUT2D eigenvalue weighted by Gasteiger charge is 2.07. The van der Waals surface area contributed by atoms with E-state index in [0.717, 1.165) is 10.6 Å². The van der Waals surface area contributed by atoms with Gasteiger partial charge < -0.3 is 15.4 Å². The maximum Gasteiger partial charge on any atom is 0.255 e. The minimum atomic E-state index is -0.226. The van der Waals surface area contributed by atoms with Gasteiger partial charge in [0, 0.05) is 27.9 Å². The number of rotatable bonds is 6. The van der Waals surface area contributed by atoms with Gasteiger partial charge in [-0.25, -0.2) is 0 Å². The number of ether oxygens (including phenoxy) is 1. The van der Waals surface area contributed by atoms with Crippen LogP contribution in [0.4, 0.5) is 11.4 Å². The van der Waals surface area contributed by atoms with Gasteiger partial charge in [-0.3, -0.25) is 9.59 Å². The zero-order valence-corrected chi connectivity index (χ0v) is 15.5. The zero-order chi connectivity index (χ0) is 19.1. The van der Waals surface area contributed by atoms with Gasteiger partial charge in [-0.2, -0.15) is 0 Å². The molecule has 1 aromatic heterocycles. The van der Waals surface area contributed by atoms with Crippen molar-refractivity contribution in [2.75, 3.05) is 17.7 Å². The van der Waals surface area contributed by atoms with Crippen LogP contribution in [0.3, 0.4) is 0 Å². The first kappa shape index (κ1) is 18.4. The molecule has 2 amide bonds. The lowest BCUT2D eigenvalue weighted by Gasteiger charge is -2.07. The molecule has 0 bridgehead atoms. The Labute approximate surface area is 161 Å². The summed E-state index contributed by atoms with van der Waals surface area (Å²) in [4.78, 5) is 25.2. The Kier molecular flexibility index (Phi) is 6.02. The Morgan fingerprint density at radius 1 is 0.926 bits per heavy atom. The lowest BCUT2D eigenvalue weighted by atomic mass is 10.2. The molecular weight excluding hydrogens is 360 g/mol. The van der Waals surface area contributed by atoms with Crippen molar-refractivity contribution >= 4 is 40.6 Å². The van der Waals surface area contributed by atoms with E-state index in [1.54, 1.807) is 73.1 Å². The van der Waals surface area contributed by atoms with Gasteiger partial charge in [-0.05, 0) is 66.1 Å². The Balaban J connectivity index is 1.57. The Morgan fingerprint density at radius 3 is 2.22 bits per heavy atom. The molecule has 0 atom stereocenters. The van der Waals surface area contributed by atoms with E-state index in [4.69, 9.17) is 4.74 Å². The summed E-state index contributed by atoms with van der Waals surface area (Å²) < 4.78 is 5.09. The number of benzene rings is 2. The van der Waals surface area contributed by atoms with Crippen molar-refractivity contribution in [3.05, 3.63) is 82.6 Å². The molecule has 0 unspecified atom stereocenters. The molecule has 0 aliphatic heterocycles. The quantitative estimate of drug-likeness (QED) is 0.613. The van der Waals surface area contributed by atoms with Crippen LogP contribution in [0.25, 0.3) is 6.08 Å². The van der Waals surface area contributed by atoms with Crippen LogP contribution >= 0.6 is 11.3 Å². The van der Waals surface area contributed by atoms with Gasteiger partial charge in [0.2, 0.25) is 5.91 Å². The van der Waals surface area contributed by atoms with E-state index in [1.165, 1.54) is 6.08 Å². The highest BCUT2D eigenvalue weighted by atomic mass is 32.1. The molecule has 5 nitrogen and oxygen atoms in total. The number of hydrogen-bond acceptors (Lipinski definition) is 4. The second-order valence-electron chi connectivity index (χ2n) is 5.60. The fraction of sp³-hybridized carbons (Fsp3) is 0.0476. The monoisotopic (exact) mass is 378 g/mol. The van der Waals surface area contributed by atoms with Gasteiger partial charge in [0.1, 0.15) is 5.75 Å². The molecule has 6 heteroatoms. The topological polar surface area (TPSA) is 67.4 Å². The molecule has 3 rings (SSSR count). The predicted molar refractivity (Wildman–Crippen MR) is 109 cm³/mol. The average molecular weight is 378 g/mol. The van der Waals surface area contributed by atoms with Crippen LogP contribution in [0, 0.1) is 0 Å². The number of anilines is 2. The van der Waals surface area contributed by atoms with Crippen molar-refractivity contribution in [3.63, 3.8) is 0 Å². The van der Waals surface area contributed by atoms with Crippen LogP contribution in [-0.2, 0) is 4.79 Å². The number of hydrogen-bond donors (Lipinski definition) is 2. The van der Waals surface area contributed by atoms with E-state index >= 15 is 0 Å². The Bertz CT molecular complexity index is 931. The van der Waals surface area contributed by atoms with Gasteiger partial charge >= 0.3 is 0 Å². The first-order chi connectivity index (χ1) is 13.1. The summed E-state index contributed by atoms with van der Waals surface area (Å²) >= 11 is 1.56. The average Bonchev–Trinajstić information content (AvgIpc) is 3.21. The number of carbonyl (C=O) groups excluding carboxylic acids is 2. The van der Waals surface area contributed by atoms with Crippen LogP contribution in [0.2, 0.25) is 0 Å². The molecule has 0 aliphatic rings. The third-order valence-electron chi connectivity index (χ3n) is 3.70. The van der Waals surface area contributed by atoms with Gasteiger partial charge in [0.25, 0.3) is 5.91 Å². The van der Waals surface area contributed by atoms with E-state index in [2.05, 4.69) is 10.6 Å². The van der Waals surface area contributed by atoms with Gasteiger partial charge in [-0.1, -0.05) is 6.07 Å². The molecule has 0 radical (unpaired) electrons. The van der Waals surface area contributed by atoms with E-state index < -0.39 is 0 Å². The lowest BCUT2D eigenvalue weighted by molar-refractivity contribution is -0.111. The summed E-state index contributed by atoms with van der Waals surface area (Å²) in [7, 11) is 1.59. The van der Waals surface area contributed by atoms with E-state index in [1.807, 2.05) is 17.5 Å². The first-order valence-electron chi connectivity index (χ1n) is 8.22. The molecule has 2 aromatic carbocycles. The van der Waals surface area contributed by atoms with Gasteiger partial charge in [-0.15, -0.1) is 11.3 Å². The Morgan fingerprint density at radius 2 is 1.59 bits per heavy atom. The summed E-state index contributed by atoms with van der Waals surface area (Å²) in [6, 6.07) is 17.7. The van der Waals surface area contributed by atoms with Crippen LogP contribution < -0.4 is 15.4 Å². The smallest absolute Gasteiger partial charge is 0.255 e. The van der Waals surface area contributed by atoms with Crippen LogP contribution in [0.5, 0.6) is 5.75 Å². The molecule has 0 fully saturated rings. The van der Waals surface area contributed by atoms with E-state index in [-0.39, 0.29) is 11.8 Å². The SMILES string of the molecule is COc1ccc(NC(=O)c2ccc(NC(=O)/C=C/c3cccs3)cc2)cc1. The number of nitrogens with one attached hydrogen (secondary N) is 2.